The van der Waals surface area contributed by atoms with Gasteiger partial charge in [0.2, 0.25) is 11.9 Å². The number of rotatable bonds is 4. The fourth-order valence-electron chi connectivity index (χ4n) is 4.86. The van der Waals surface area contributed by atoms with Gasteiger partial charge in [-0.2, -0.15) is 4.98 Å². The van der Waals surface area contributed by atoms with Crippen molar-refractivity contribution in [3.63, 3.8) is 0 Å². The van der Waals surface area contributed by atoms with Crippen LogP contribution in [0.5, 0.6) is 0 Å². The highest BCUT2D eigenvalue weighted by Gasteiger charge is 2.44. The molecule has 4 heterocycles. The SMILES string of the molecule is Cc1cnc(Nc2ccc(N3CCOCC3)cc2)nc1N1CCC2(CCNC2=O)CC1. The van der Waals surface area contributed by atoms with E-state index >= 15 is 0 Å². The predicted octanol–water partition coefficient (Wildman–Crippen LogP) is 2.47. The van der Waals surface area contributed by atoms with E-state index in [1.807, 2.05) is 13.1 Å². The van der Waals surface area contributed by atoms with E-state index in [0.29, 0.717) is 5.95 Å². The molecule has 5 rings (SSSR count). The molecule has 3 fully saturated rings. The zero-order valence-electron chi connectivity index (χ0n) is 18.1. The Kier molecular flexibility index (Phi) is 5.40. The summed E-state index contributed by atoms with van der Waals surface area (Å²) in [7, 11) is 0. The van der Waals surface area contributed by atoms with Crippen LogP contribution >= 0.6 is 0 Å². The number of piperidine rings is 1. The maximum atomic E-state index is 12.3. The van der Waals surface area contributed by atoms with Gasteiger partial charge in [-0.1, -0.05) is 0 Å². The number of amides is 1. The maximum Gasteiger partial charge on any atom is 0.229 e. The summed E-state index contributed by atoms with van der Waals surface area (Å²) in [5.41, 5.74) is 3.06. The van der Waals surface area contributed by atoms with Crippen LogP contribution in [0.4, 0.5) is 23.1 Å². The van der Waals surface area contributed by atoms with Crippen molar-refractivity contribution in [3.05, 3.63) is 36.0 Å². The Hall–Kier alpha value is -2.87. The summed E-state index contributed by atoms with van der Waals surface area (Å²) in [6.45, 7) is 7.96. The average molecular weight is 423 g/mol. The molecule has 2 N–H and O–H groups in total. The third-order valence-electron chi connectivity index (χ3n) is 6.84. The first-order chi connectivity index (χ1) is 15.1. The number of aryl methyl sites for hydroxylation is 1. The van der Waals surface area contributed by atoms with Crippen LogP contribution < -0.4 is 20.4 Å². The third kappa shape index (κ3) is 4.04. The minimum atomic E-state index is -0.166. The van der Waals surface area contributed by atoms with Crippen LogP contribution in [0.15, 0.2) is 30.5 Å². The highest BCUT2D eigenvalue weighted by Crippen LogP contribution is 2.39. The molecule has 0 atom stereocenters. The van der Waals surface area contributed by atoms with Crippen LogP contribution in [-0.4, -0.2) is 61.8 Å². The van der Waals surface area contributed by atoms with Gasteiger partial charge in [0.1, 0.15) is 5.82 Å². The predicted molar refractivity (Wildman–Crippen MR) is 121 cm³/mol. The second-order valence-corrected chi connectivity index (χ2v) is 8.74. The lowest BCUT2D eigenvalue weighted by molar-refractivity contribution is -0.128. The Morgan fingerprint density at radius 1 is 1.03 bits per heavy atom. The summed E-state index contributed by atoms with van der Waals surface area (Å²) in [5.74, 6) is 1.78. The minimum absolute atomic E-state index is 0.166. The van der Waals surface area contributed by atoms with E-state index < -0.39 is 0 Å². The molecule has 1 aromatic carbocycles. The number of hydrogen-bond donors (Lipinski definition) is 2. The summed E-state index contributed by atoms with van der Waals surface area (Å²) in [4.78, 5) is 26.2. The van der Waals surface area contributed by atoms with E-state index in [4.69, 9.17) is 9.72 Å². The van der Waals surface area contributed by atoms with Gasteiger partial charge in [-0.15, -0.1) is 0 Å². The van der Waals surface area contributed by atoms with E-state index in [1.165, 1.54) is 5.69 Å². The first kappa shape index (κ1) is 20.1. The quantitative estimate of drug-likeness (QED) is 0.783. The molecule has 0 bridgehead atoms. The molecule has 0 radical (unpaired) electrons. The molecule has 0 aliphatic carbocycles. The van der Waals surface area contributed by atoms with Crippen LogP contribution in [0, 0.1) is 12.3 Å². The molecular formula is C23H30N6O2. The molecule has 0 saturated carbocycles. The average Bonchev–Trinajstić information content (AvgIpc) is 3.16. The van der Waals surface area contributed by atoms with E-state index in [-0.39, 0.29) is 11.3 Å². The molecule has 164 valence electrons. The van der Waals surface area contributed by atoms with Crippen LogP contribution in [0.1, 0.15) is 24.8 Å². The summed E-state index contributed by atoms with van der Waals surface area (Å²) >= 11 is 0. The fraction of sp³-hybridized carbons (Fsp3) is 0.522. The number of aromatic nitrogens is 2. The number of hydrogen-bond acceptors (Lipinski definition) is 7. The van der Waals surface area contributed by atoms with Crippen molar-refractivity contribution in [1.82, 2.24) is 15.3 Å². The Morgan fingerprint density at radius 2 is 1.77 bits per heavy atom. The smallest absolute Gasteiger partial charge is 0.229 e. The molecular weight excluding hydrogens is 392 g/mol. The van der Waals surface area contributed by atoms with Crippen molar-refractivity contribution < 1.29 is 9.53 Å². The Labute approximate surface area is 183 Å². The Morgan fingerprint density at radius 3 is 2.45 bits per heavy atom. The Bertz CT molecular complexity index is 934. The first-order valence-corrected chi connectivity index (χ1v) is 11.2. The second kappa shape index (κ2) is 8.34. The second-order valence-electron chi connectivity index (χ2n) is 8.74. The van der Waals surface area contributed by atoms with Crippen LogP contribution in [0.25, 0.3) is 0 Å². The van der Waals surface area contributed by atoms with Gasteiger partial charge in [0.15, 0.2) is 0 Å². The number of anilines is 4. The van der Waals surface area contributed by atoms with E-state index in [0.717, 1.165) is 82.3 Å². The van der Waals surface area contributed by atoms with Gasteiger partial charge in [-0.3, -0.25) is 4.79 Å². The van der Waals surface area contributed by atoms with Crippen molar-refractivity contribution >= 4 is 29.0 Å². The normalized spacial score (nSPS) is 20.7. The molecule has 3 aliphatic heterocycles. The van der Waals surface area contributed by atoms with Crippen molar-refractivity contribution in [1.29, 1.82) is 0 Å². The molecule has 1 spiro atoms. The number of carbonyl (C=O) groups excluding carboxylic acids is 1. The molecule has 3 saturated heterocycles. The van der Waals surface area contributed by atoms with Crippen LogP contribution in [-0.2, 0) is 9.53 Å². The summed E-state index contributed by atoms with van der Waals surface area (Å²) in [6, 6.07) is 8.38. The third-order valence-corrected chi connectivity index (χ3v) is 6.84. The molecule has 0 unspecified atom stereocenters. The fourth-order valence-corrected chi connectivity index (χ4v) is 4.86. The molecule has 8 nitrogen and oxygen atoms in total. The van der Waals surface area contributed by atoms with Gasteiger partial charge < -0.3 is 25.2 Å². The van der Waals surface area contributed by atoms with E-state index in [1.54, 1.807) is 0 Å². The summed E-state index contributed by atoms with van der Waals surface area (Å²) in [5, 5.41) is 6.35. The number of nitrogens with one attached hydrogen (secondary N) is 2. The maximum absolute atomic E-state index is 12.3. The number of ether oxygens (including phenoxy) is 1. The largest absolute Gasteiger partial charge is 0.378 e. The van der Waals surface area contributed by atoms with E-state index in [2.05, 4.69) is 49.7 Å². The standard InChI is InChI=1S/C23H30N6O2/c1-17-16-25-22(26-18-2-4-19(5-3-18)28-12-14-31-15-13-28)27-20(17)29-10-7-23(8-11-29)6-9-24-21(23)30/h2-5,16H,6-15H2,1H3,(H,24,30)(H,25,26,27). The van der Waals surface area contributed by atoms with Crippen LogP contribution in [0.2, 0.25) is 0 Å². The number of nitrogens with zero attached hydrogens (tertiary/aromatic N) is 4. The first-order valence-electron chi connectivity index (χ1n) is 11.2. The van der Waals surface area contributed by atoms with Gasteiger partial charge in [-0.25, -0.2) is 4.98 Å². The highest BCUT2D eigenvalue weighted by molar-refractivity contribution is 5.85. The monoisotopic (exact) mass is 422 g/mol. The van der Waals surface area contributed by atoms with Crippen LogP contribution in [0.3, 0.4) is 0 Å². The van der Waals surface area contributed by atoms with Gasteiger partial charge in [0.05, 0.1) is 18.6 Å². The Balaban J connectivity index is 1.26. The molecule has 8 heteroatoms. The van der Waals surface area contributed by atoms with Gasteiger partial charge in [0.25, 0.3) is 0 Å². The molecule has 2 aromatic rings. The molecule has 3 aliphatic rings. The summed E-state index contributed by atoms with van der Waals surface area (Å²) in [6.07, 6.45) is 4.59. The molecule has 1 amide bonds. The van der Waals surface area contributed by atoms with Gasteiger partial charge in [-0.05, 0) is 50.5 Å². The van der Waals surface area contributed by atoms with Crippen molar-refractivity contribution in [3.8, 4) is 0 Å². The lowest BCUT2D eigenvalue weighted by Gasteiger charge is -2.38. The zero-order valence-corrected chi connectivity index (χ0v) is 18.1. The van der Waals surface area contributed by atoms with Crippen molar-refractivity contribution in [2.45, 2.75) is 26.2 Å². The number of morpholine rings is 1. The number of benzene rings is 1. The lowest BCUT2D eigenvalue weighted by Crippen LogP contribution is -2.44. The van der Waals surface area contributed by atoms with Gasteiger partial charge in [0, 0.05) is 55.9 Å². The van der Waals surface area contributed by atoms with E-state index in [9.17, 15) is 4.79 Å². The minimum Gasteiger partial charge on any atom is -0.378 e. The molecule has 31 heavy (non-hydrogen) atoms. The molecule has 1 aromatic heterocycles. The number of carbonyl (C=O) groups is 1. The van der Waals surface area contributed by atoms with Crippen molar-refractivity contribution in [2.75, 3.05) is 61.1 Å². The van der Waals surface area contributed by atoms with Crippen molar-refractivity contribution in [2.24, 2.45) is 5.41 Å². The zero-order chi connectivity index (χ0) is 21.3. The highest BCUT2D eigenvalue weighted by atomic mass is 16.5. The topological polar surface area (TPSA) is 82.6 Å². The lowest BCUT2D eigenvalue weighted by atomic mass is 9.77. The van der Waals surface area contributed by atoms with Gasteiger partial charge >= 0.3 is 0 Å². The summed E-state index contributed by atoms with van der Waals surface area (Å²) < 4.78 is 5.43.